The molecule has 1 aromatic heterocycles. The van der Waals surface area contributed by atoms with Gasteiger partial charge in [0.1, 0.15) is 0 Å². The number of para-hydroxylation sites is 2. The summed E-state index contributed by atoms with van der Waals surface area (Å²) in [7, 11) is -1.66. The number of hydrogen-bond donors (Lipinski definition) is 0. The van der Waals surface area contributed by atoms with Crippen molar-refractivity contribution in [2.24, 2.45) is 7.05 Å². The zero-order chi connectivity index (χ0) is 19.9. The van der Waals surface area contributed by atoms with Crippen molar-refractivity contribution in [1.29, 1.82) is 0 Å². The minimum Gasteiger partial charge on any atom is -0.340 e. The molecule has 28 heavy (non-hydrogen) atoms. The summed E-state index contributed by atoms with van der Waals surface area (Å²) in [5.74, 6) is 0.695. The van der Waals surface area contributed by atoms with Crippen LogP contribution in [-0.2, 0) is 17.1 Å². The van der Waals surface area contributed by atoms with Gasteiger partial charge in [-0.15, -0.1) is 0 Å². The lowest BCUT2D eigenvalue weighted by Gasteiger charge is -2.34. The summed E-state index contributed by atoms with van der Waals surface area (Å²) < 4.78 is 29.5. The van der Waals surface area contributed by atoms with Gasteiger partial charge in [-0.25, -0.2) is 13.4 Å². The summed E-state index contributed by atoms with van der Waals surface area (Å²) >= 11 is 0. The van der Waals surface area contributed by atoms with Crippen LogP contribution in [0, 0.1) is 0 Å². The van der Waals surface area contributed by atoms with E-state index in [1.807, 2.05) is 35.9 Å². The van der Waals surface area contributed by atoms with Crippen LogP contribution in [0.15, 0.2) is 53.4 Å². The second-order valence-electron chi connectivity index (χ2n) is 6.93. The molecule has 1 aliphatic rings. The molecule has 0 radical (unpaired) electrons. The summed E-state index contributed by atoms with van der Waals surface area (Å²) in [6.07, 6.45) is 0. The highest BCUT2D eigenvalue weighted by Crippen LogP contribution is 2.24. The lowest BCUT2D eigenvalue weighted by atomic mass is 10.2. The Kier molecular flexibility index (Phi) is 4.68. The summed E-state index contributed by atoms with van der Waals surface area (Å²) in [6.45, 7) is 3.29. The molecule has 3 aromatic rings. The van der Waals surface area contributed by atoms with E-state index in [4.69, 9.17) is 4.98 Å². The Morgan fingerprint density at radius 1 is 1.00 bits per heavy atom. The topological polar surface area (TPSA) is 75.5 Å². The Morgan fingerprint density at radius 2 is 1.71 bits per heavy atom. The number of ketones is 1. The number of sulfonamides is 1. The minimum atomic E-state index is -3.63. The number of aryl methyl sites for hydroxylation is 1. The molecule has 2 aromatic carbocycles. The Morgan fingerprint density at radius 3 is 2.39 bits per heavy atom. The van der Waals surface area contributed by atoms with Crippen LogP contribution in [0.3, 0.4) is 0 Å². The number of benzene rings is 2. The minimum absolute atomic E-state index is 0.149. The maximum atomic E-state index is 13.0. The van der Waals surface area contributed by atoms with Gasteiger partial charge in [0, 0.05) is 38.8 Å². The molecule has 4 rings (SSSR count). The quantitative estimate of drug-likeness (QED) is 0.631. The average Bonchev–Trinajstić information content (AvgIpc) is 3.05. The number of carbonyl (C=O) groups excluding carboxylic acids is 1. The van der Waals surface area contributed by atoms with Crippen molar-refractivity contribution in [3.05, 3.63) is 54.1 Å². The first-order valence-corrected chi connectivity index (χ1v) is 10.6. The fraction of sp³-hybridized carbons (Fsp3) is 0.300. The second kappa shape index (κ2) is 7.03. The lowest BCUT2D eigenvalue weighted by molar-refractivity contribution is 0.101. The van der Waals surface area contributed by atoms with E-state index in [1.54, 1.807) is 18.2 Å². The molecule has 146 valence electrons. The first-order chi connectivity index (χ1) is 13.4. The van der Waals surface area contributed by atoms with E-state index in [9.17, 15) is 13.2 Å². The smallest absolute Gasteiger partial charge is 0.243 e. The van der Waals surface area contributed by atoms with Crippen molar-refractivity contribution in [3.63, 3.8) is 0 Å². The maximum Gasteiger partial charge on any atom is 0.243 e. The number of rotatable bonds is 4. The molecular formula is C20H22N4O3S. The van der Waals surface area contributed by atoms with E-state index in [1.165, 1.54) is 17.3 Å². The van der Waals surface area contributed by atoms with E-state index in [0.717, 1.165) is 17.0 Å². The number of piperazine rings is 1. The van der Waals surface area contributed by atoms with Crippen molar-refractivity contribution in [3.8, 4) is 0 Å². The zero-order valence-electron chi connectivity index (χ0n) is 15.9. The Bertz CT molecular complexity index is 1150. The molecule has 8 heteroatoms. The molecule has 2 heterocycles. The van der Waals surface area contributed by atoms with Crippen LogP contribution in [0.25, 0.3) is 11.0 Å². The van der Waals surface area contributed by atoms with Gasteiger partial charge in [0.2, 0.25) is 16.0 Å². The molecule has 0 N–H and O–H groups in total. The van der Waals surface area contributed by atoms with Gasteiger partial charge in [-0.2, -0.15) is 4.31 Å². The molecule has 0 unspecified atom stereocenters. The van der Waals surface area contributed by atoms with Crippen molar-refractivity contribution >= 4 is 32.8 Å². The fourth-order valence-electron chi connectivity index (χ4n) is 3.57. The Hall–Kier alpha value is -2.71. The van der Waals surface area contributed by atoms with E-state index >= 15 is 0 Å². The van der Waals surface area contributed by atoms with Gasteiger partial charge in [0.15, 0.2) is 5.78 Å². The standard InChI is InChI=1S/C20H22N4O3S/c1-15(25)16-6-5-7-17(14-16)28(26,27)24-12-10-23(11-13-24)20-21-18-8-3-4-9-19(18)22(20)2/h3-9,14H,10-13H2,1-2H3. The van der Waals surface area contributed by atoms with Gasteiger partial charge in [-0.1, -0.05) is 24.3 Å². The highest BCUT2D eigenvalue weighted by Gasteiger charge is 2.30. The van der Waals surface area contributed by atoms with Crippen molar-refractivity contribution in [2.75, 3.05) is 31.1 Å². The number of Topliss-reactive ketones (excluding diaryl/α,β-unsaturated/α-hetero) is 1. The van der Waals surface area contributed by atoms with Gasteiger partial charge < -0.3 is 9.47 Å². The number of imidazole rings is 1. The molecule has 1 saturated heterocycles. The highest BCUT2D eigenvalue weighted by molar-refractivity contribution is 7.89. The van der Waals surface area contributed by atoms with Gasteiger partial charge in [-0.05, 0) is 31.2 Å². The summed E-state index contributed by atoms with van der Waals surface area (Å²) in [5, 5.41) is 0. The summed E-state index contributed by atoms with van der Waals surface area (Å²) in [4.78, 5) is 18.6. The number of anilines is 1. The van der Waals surface area contributed by atoms with E-state index in [-0.39, 0.29) is 10.7 Å². The number of nitrogens with zero attached hydrogens (tertiary/aromatic N) is 4. The highest BCUT2D eigenvalue weighted by atomic mass is 32.2. The largest absolute Gasteiger partial charge is 0.340 e. The molecule has 7 nitrogen and oxygen atoms in total. The maximum absolute atomic E-state index is 13.0. The number of fused-ring (bicyclic) bond motifs is 1. The van der Waals surface area contributed by atoms with Gasteiger partial charge in [0.05, 0.1) is 15.9 Å². The predicted octanol–water partition coefficient (Wildman–Crippen LogP) is 2.29. The van der Waals surface area contributed by atoms with Gasteiger partial charge in [0.25, 0.3) is 0 Å². The molecule has 1 fully saturated rings. The normalized spacial score (nSPS) is 15.9. The van der Waals surface area contributed by atoms with Crippen LogP contribution in [0.1, 0.15) is 17.3 Å². The molecular weight excluding hydrogens is 376 g/mol. The molecule has 0 bridgehead atoms. The molecule has 0 aliphatic carbocycles. The third kappa shape index (κ3) is 3.18. The van der Waals surface area contributed by atoms with Crippen LogP contribution in [0.2, 0.25) is 0 Å². The zero-order valence-corrected chi connectivity index (χ0v) is 16.7. The van der Waals surface area contributed by atoms with Crippen LogP contribution >= 0.6 is 0 Å². The Balaban J connectivity index is 1.54. The molecule has 0 atom stereocenters. The van der Waals surface area contributed by atoms with Crippen molar-refractivity contribution in [1.82, 2.24) is 13.9 Å². The van der Waals surface area contributed by atoms with Crippen LogP contribution in [-0.4, -0.2) is 54.2 Å². The van der Waals surface area contributed by atoms with Crippen molar-refractivity contribution in [2.45, 2.75) is 11.8 Å². The number of hydrogen-bond acceptors (Lipinski definition) is 5. The van der Waals surface area contributed by atoms with Crippen molar-refractivity contribution < 1.29 is 13.2 Å². The van der Waals surface area contributed by atoms with E-state index in [0.29, 0.717) is 31.7 Å². The fourth-order valence-corrected chi connectivity index (χ4v) is 5.04. The average molecular weight is 398 g/mol. The van der Waals surface area contributed by atoms with E-state index < -0.39 is 10.0 Å². The van der Waals surface area contributed by atoms with E-state index in [2.05, 4.69) is 4.90 Å². The first-order valence-electron chi connectivity index (χ1n) is 9.15. The summed E-state index contributed by atoms with van der Waals surface area (Å²) in [6, 6.07) is 14.2. The second-order valence-corrected chi connectivity index (χ2v) is 8.87. The van der Waals surface area contributed by atoms with Gasteiger partial charge in [-0.3, -0.25) is 4.79 Å². The number of carbonyl (C=O) groups is 1. The molecule has 0 spiro atoms. The molecule has 1 aliphatic heterocycles. The predicted molar refractivity (Wildman–Crippen MR) is 108 cm³/mol. The lowest BCUT2D eigenvalue weighted by Crippen LogP contribution is -2.49. The Labute approximate surface area is 164 Å². The monoisotopic (exact) mass is 398 g/mol. The third-order valence-electron chi connectivity index (χ3n) is 5.16. The molecule has 0 amide bonds. The third-order valence-corrected chi connectivity index (χ3v) is 7.06. The first kappa shape index (κ1) is 18.6. The number of aromatic nitrogens is 2. The summed E-state index contributed by atoms with van der Waals surface area (Å²) in [5.41, 5.74) is 2.38. The van der Waals surface area contributed by atoms with Crippen LogP contribution in [0.4, 0.5) is 5.95 Å². The van der Waals surface area contributed by atoms with Crippen LogP contribution in [0.5, 0.6) is 0 Å². The van der Waals surface area contributed by atoms with Crippen LogP contribution < -0.4 is 4.90 Å². The molecule has 0 saturated carbocycles. The SMILES string of the molecule is CC(=O)c1cccc(S(=O)(=O)N2CCN(c3nc4ccccc4n3C)CC2)c1. The van der Waals surface area contributed by atoms with Gasteiger partial charge >= 0.3 is 0 Å².